The van der Waals surface area contributed by atoms with Gasteiger partial charge in [-0.1, -0.05) is 0 Å². The van der Waals surface area contributed by atoms with Gasteiger partial charge in [0.2, 0.25) is 0 Å². The molecule has 1 aromatic heterocycles. The van der Waals surface area contributed by atoms with Crippen molar-refractivity contribution in [1.82, 2.24) is 10.3 Å². The molecule has 1 saturated carbocycles. The Morgan fingerprint density at radius 2 is 2.15 bits per heavy atom. The predicted octanol–water partition coefficient (Wildman–Crippen LogP) is 2.16. The van der Waals surface area contributed by atoms with Crippen molar-refractivity contribution in [3.8, 4) is 17.6 Å². The van der Waals surface area contributed by atoms with Gasteiger partial charge in [-0.15, -0.1) is 0 Å². The van der Waals surface area contributed by atoms with Gasteiger partial charge in [-0.05, 0) is 31.2 Å². The zero-order valence-corrected chi connectivity index (χ0v) is 14.4. The summed E-state index contributed by atoms with van der Waals surface area (Å²) in [6.45, 7) is 1.82. The molecule has 2 aliphatic rings. The van der Waals surface area contributed by atoms with Crippen LogP contribution in [0, 0.1) is 17.2 Å². The van der Waals surface area contributed by atoms with Crippen LogP contribution in [0.15, 0.2) is 30.5 Å². The zero-order valence-electron chi connectivity index (χ0n) is 14.4. The number of Topliss-reactive ketones (excluding diaryl/α,β-unsaturated/α-hetero) is 1. The van der Waals surface area contributed by atoms with E-state index in [9.17, 15) is 14.7 Å². The summed E-state index contributed by atoms with van der Waals surface area (Å²) in [5.74, 6) is 0.490. The monoisotopic (exact) mass is 364 g/mol. The van der Waals surface area contributed by atoms with Crippen LogP contribution >= 0.6 is 0 Å². The van der Waals surface area contributed by atoms with Crippen molar-refractivity contribution >= 4 is 17.6 Å². The number of amides is 2. The molecular weight excluding hydrogens is 348 g/mol. The fraction of sp³-hybridized carbons (Fsp3) is 0.263. The Labute approximate surface area is 154 Å². The van der Waals surface area contributed by atoms with E-state index in [1.54, 1.807) is 24.3 Å². The van der Waals surface area contributed by atoms with Crippen molar-refractivity contribution < 1.29 is 19.4 Å². The van der Waals surface area contributed by atoms with Crippen LogP contribution < -0.4 is 15.4 Å². The van der Waals surface area contributed by atoms with E-state index in [0.29, 0.717) is 29.3 Å². The van der Waals surface area contributed by atoms with Gasteiger partial charge in [0.15, 0.2) is 5.78 Å². The van der Waals surface area contributed by atoms with Crippen LogP contribution in [0.4, 0.5) is 10.6 Å². The van der Waals surface area contributed by atoms with E-state index in [2.05, 4.69) is 15.6 Å². The molecule has 2 aromatic rings. The second kappa shape index (κ2) is 6.29. The molecule has 27 heavy (non-hydrogen) atoms. The Hall–Kier alpha value is -3.60. The summed E-state index contributed by atoms with van der Waals surface area (Å²) in [6, 6.07) is 7.64. The molecule has 8 heteroatoms. The van der Waals surface area contributed by atoms with E-state index in [-0.39, 0.29) is 35.0 Å². The number of carbonyl (C=O) groups excluding carboxylic acids is 2. The van der Waals surface area contributed by atoms with Gasteiger partial charge in [0.1, 0.15) is 23.4 Å². The molecule has 136 valence electrons. The van der Waals surface area contributed by atoms with Gasteiger partial charge in [0, 0.05) is 29.6 Å². The van der Waals surface area contributed by atoms with Gasteiger partial charge in [-0.25, -0.2) is 9.78 Å². The van der Waals surface area contributed by atoms with Gasteiger partial charge in [0.05, 0.1) is 17.7 Å². The molecule has 1 aliphatic heterocycles. The number of phenols is 1. The average Bonchev–Trinajstić information content (AvgIpc) is 3.34. The number of phenolic OH excluding ortho intramolecular Hbond substituents is 1. The largest absolute Gasteiger partial charge is 0.507 e. The van der Waals surface area contributed by atoms with Gasteiger partial charge < -0.3 is 15.2 Å². The molecule has 0 spiro atoms. The Balaban J connectivity index is 1.48. The Morgan fingerprint density at radius 3 is 2.81 bits per heavy atom. The number of ether oxygens (including phenoxy) is 1. The van der Waals surface area contributed by atoms with E-state index in [4.69, 9.17) is 10.00 Å². The van der Waals surface area contributed by atoms with Gasteiger partial charge in [-0.2, -0.15) is 5.26 Å². The number of anilines is 1. The molecule has 4 rings (SSSR count). The van der Waals surface area contributed by atoms with E-state index in [1.165, 1.54) is 13.1 Å². The highest BCUT2D eigenvalue weighted by atomic mass is 16.5. The third-order valence-electron chi connectivity index (χ3n) is 4.92. The molecule has 2 heterocycles. The van der Waals surface area contributed by atoms with Crippen molar-refractivity contribution in [2.45, 2.75) is 18.9 Å². The highest BCUT2D eigenvalue weighted by Gasteiger charge is 2.57. The molecule has 0 bridgehead atoms. The fourth-order valence-electron chi connectivity index (χ4n) is 3.52. The number of nitriles is 1. The SMILES string of the molecule is CC(=O)c1ccc2c(c1O)[C@H]1C(NC(=O)Nc3ccc(C#N)cn3)[C@H]1CO2. The summed E-state index contributed by atoms with van der Waals surface area (Å²) in [5, 5.41) is 24.7. The Bertz CT molecular complexity index is 980. The molecule has 1 aliphatic carbocycles. The van der Waals surface area contributed by atoms with E-state index >= 15 is 0 Å². The number of nitrogens with zero attached hydrogens (tertiary/aromatic N) is 2. The third-order valence-corrected chi connectivity index (χ3v) is 4.92. The zero-order chi connectivity index (χ0) is 19.1. The molecule has 1 aromatic carbocycles. The number of pyridine rings is 1. The number of aromatic hydroxyl groups is 1. The van der Waals surface area contributed by atoms with Crippen molar-refractivity contribution in [1.29, 1.82) is 5.26 Å². The summed E-state index contributed by atoms with van der Waals surface area (Å²) in [7, 11) is 0. The first-order chi connectivity index (χ1) is 13.0. The third kappa shape index (κ3) is 2.93. The van der Waals surface area contributed by atoms with Crippen LogP contribution in [0.1, 0.15) is 34.3 Å². The van der Waals surface area contributed by atoms with Crippen LogP contribution in [-0.2, 0) is 0 Å². The van der Waals surface area contributed by atoms with E-state index in [0.717, 1.165) is 0 Å². The Kier molecular flexibility index (Phi) is 3.92. The van der Waals surface area contributed by atoms with E-state index < -0.39 is 6.03 Å². The maximum Gasteiger partial charge on any atom is 0.320 e. The minimum absolute atomic E-state index is 0.0327. The lowest BCUT2D eigenvalue weighted by molar-refractivity contribution is 0.101. The number of urea groups is 1. The topological polar surface area (TPSA) is 124 Å². The lowest BCUT2D eigenvalue weighted by Crippen LogP contribution is -2.32. The highest BCUT2D eigenvalue weighted by molar-refractivity contribution is 5.97. The quantitative estimate of drug-likeness (QED) is 0.717. The Morgan fingerprint density at radius 1 is 1.33 bits per heavy atom. The van der Waals surface area contributed by atoms with Crippen LogP contribution in [0.5, 0.6) is 11.5 Å². The molecule has 2 amide bonds. The van der Waals surface area contributed by atoms with Crippen LogP contribution in [0.2, 0.25) is 0 Å². The van der Waals surface area contributed by atoms with Crippen molar-refractivity contribution in [3.05, 3.63) is 47.2 Å². The summed E-state index contributed by atoms with van der Waals surface area (Å²) < 4.78 is 5.66. The van der Waals surface area contributed by atoms with Gasteiger partial charge in [-0.3, -0.25) is 10.1 Å². The number of ketones is 1. The van der Waals surface area contributed by atoms with Crippen molar-refractivity contribution in [3.63, 3.8) is 0 Å². The highest BCUT2D eigenvalue weighted by Crippen LogP contribution is 2.57. The molecule has 1 unspecified atom stereocenters. The molecule has 0 saturated heterocycles. The standard InChI is InChI=1S/C19H16N4O4/c1-9(24)11-3-4-13-16(18(11)25)15-12(8-27-13)17(15)23-19(26)22-14-5-2-10(6-20)7-21-14/h2-5,7,12,15,17,25H,8H2,1H3,(H2,21,22,23,26)/t12-,15-,17?/m0/s1. The van der Waals surface area contributed by atoms with Crippen LogP contribution in [0.25, 0.3) is 0 Å². The number of benzene rings is 1. The predicted molar refractivity (Wildman–Crippen MR) is 94.7 cm³/mol. The molecule has 3 atom stereocenters. The minimum Gasteiger partial charge on any atom is -0.507 e. The molecule has 3 N–H and O–H groups in total. The molecule has 1 fully saturated rings. The number of carbonyl (C=O) groups is 2. The number of aromatic nitrogens is 1. The number of rotatable bonds is 3. The fourth-order valence-corrected chi connectivity index (χ4v) is 3.52. The second-order valence-electron chi connectivity index (χ2n) is 6.60. The average molecular weight is 364 g/mol. The molecule has 0 radical (unpaired) electrons. The van der Waals surface area contributed by atoms with Crippen molar-refractivity contribution in [2.75, 3.05) is 11.9 Å². The van der Waals surface area contributed by atoms with Gasteiger partial charge >= 0.3 is 6.03 Å². The molecule has 8 nitrogen and oxygen atoms in total. The maximum absolute atomic E-state index is 12.2. The lowest BCUT2D eigenvalue weighted by atomic mass is 9.99. The summed E-state index contributed by atoms with van der Waals surface area (Å²) >= 11 is 0. The number of hydrogen-bond acceptors (Lipinski definition) is 6. The van der Waals surface area contributed by atoms with Crippen LogP contribution in [0.3, 0.4) is 0 Å². The van der Waals surface area contributed by atoms with E-state index in [1.807, 2.05) is 6.07 Å². The first-order valence-corrected chi connectivity index (χ1v) is 8.43. The summed E-state index contributed by atoms with van der Waals surface area (Å²) in [6.07, 6.45) is 1.37. The lowest BCUT2D eigenvalue weighted by Gasteiger charge is -2.18. The smallest absolute Gasteiger partial charge is 0.320 e. The maximum atomic E-state index is 12.2. The van der Waals surface area contributed by atoms with Crippen molar-refractivity contribution in [2.24, 2.45) is 5.92 Å². The number of nitrogens with one attached hydrogen (secondary N) is 2. The number of fused-ring (bicyclic) bond motifs is 3. The summed E-state index contributed by atoms with van der Waals surface area (Å²) in [4.78, 5) is 27.9. The normalized spacial score (nSPS) is 21.7. The second-order valence-corrected chi connectivity index (χ2v) is 6.60. The summed E-state index contributed by atoms with van der Waals surface area (Å²) in [5.41, 5.74) is 1.22. The van der Waals surface area contributed by atoms with Gasteiger partial charge in [0.25, 0.3) is 0 Å². The minimum atomic E-state index is -0.435. The first-order valence-electron chi connectivity index (χ1n) is 8.43. The van der Waals surface area contributed by atoms with Crippen LogP contribution in [-0.4, -0.2) is 34.6 Å². The first kappa shape index (κ1) is 16.8. The number of hydrogen-bond donors (Lipinski definition) is 3. The molecular formula is C19H16N4O4.